The summed E-state index contributed by atoms with van der Waals surface area (Å²) in [5, 5.41) is 3.66. The highest BCUT2D eigenvalue weighted by Gasteiger charge is 2.16. The highest BCUT2D eigenvalue weighted by Crippen LogP contribution is 2.27. The van der Waals surface area contributed by atoms with E-state index in [9.17, 15) is 0 Å². The Bertz CT molecular complexity index is 575. The van der Waals surface area contributed by atoms with Crippen molar-refractivity contribution in [2.24, 2.45) is 0 Å². The molecule has 0 aromatic heterocycles. The minimum atomic E-state index is 0.286. The van der Waals surface area contributed by atoms with Crippen LogP contribution in [0.2, 0.25) is 0 Å². The second kappa shape index (κ2) is 7.95. The monoisotopic (exact) mass is 393 g/mol. The quantitative estimate of drug-likeness (QED) is 0.673. The molecular formula is C19H24IN. The Morgan fingerprint density at radius 1 is 0.952 bits per heavy atom. The zero-order valence-corrected chi connectivity index (χ0v) is 15.3. The van der Waals surface area contributed by atoms with E-state index in [4.69, 9.17) is 0 Å². The minimum absolute atomic E-state index is 0.286. The van der Waals surface area contributed by atoms with Gasteiger partial charge in [0.2, 0.25) is 0 Å². The normalized spacial score (nSPS) is 12.4. The summed E-state index contributed by atoms with van der Waals surface area (Å²) in [6.07, 6.45) is 2.16. The maximum atomic E-state index is 3.66. The number of hydrogen-bond acceptors (Lipinski definition) is 1. The van der Waals surface area contributed by atoms with Crippen molar-refractivity contribution < 1.29 is 0 Å². The van der Waals surface area contributed by atoms with Gasteiger partial charge in [-0.2, -0.15) is 0 Å². The lowest BCUT2D eigenvalue weighted by Crippen LogP contribution is -2.23. The van der Waals surface area contributed by atoms with Gasteiger partial charge in [0.15, 0.2) is 0 Å². The van der Waals surface area contributed by atoms with Gasteiger partial charge in [-0.3, -0.25) is 0 Å². The van der Waals surface area contributed by atoms with Crippen LogP contribution >= 0.6 is 22.6 Å². The summed E-state index contributed by atoms with van der Waals surface area (Å²) in [6.45, 7) is 7.60. The van der Waals surface area contributed by atoms with E-state index < -0.39 is 0 Å². The molecule has 0 aliphatic carbocycles. The van der Waals surface area contributed by atoms with E-state index in [0.717, 1.165) is 19.4 Å². The van der Waals surface area contributed by atoms with E-state index in [1.165, 1.54) is 25.8 Å². The first-order valence-electron chi connectivity index (χ1n) is 7.80. The van der Waals surface area contributed by atoms with Crippen LogP contribution in [-0.4, -0.2) is 6.54 Å². The SMILES string of the molecule is CCNC(c1ccc(I)cc1)c1cc(CC)ccc1CC. The van der Waals surface area contributed by atoms with Gasteiger partial charge in [-0.25, -0.2) is 0 Å². The number of aryl methyl sites for hydroxylation is 2. The second-order valence-electron chi connectivity index (χ2n) is 5.28. The van der Waals surface area contributed by atoms with Crippen molar-refractivity contribution in [2.75, 3.05) is 6.54 Å². The summed E-state index contributed by atoms with van der Waals surface area (Å²) in [6, 6.07) is 16.1. The first-order valence-corrected chi connectivity index (χ1v) is 8.88. The highest BCUT2D eigenvalue weighted by molar-refractivity contribution is 14.1. The van der Waals surface area contributed by atoms with E-state index >= 15 is 0 Å². The van der Waals surface area contributed by atoms with Gasteiger partial charge in [0, 0.05) is 3.57 Å². The average Bonchev–Trinajstić information content (AvgIpc) is 2.53. The molecule has 2 aromatic carbocycles. The van der Waals surface area contributed by atoms with Crippen LogP contribution in [-0.2, 0) is 12.8 Å². The van der Waals surface area contributed by atoms with Crippen LogP contribution in [0, 0.1) is 3.57 Å². The first-order chi connectivity index (χ1) is 10.2. The van der Waals surface area contributed by atoms with Gasteiger partial charge in [0.05, 0.1) is 6.04 Å². The number of hydrogen-bond donors (Lipinski definition) is 1. The van der Waals surface area contributed by atoms with Crippen molar-refractivity contribution in [3.8, 4) is 0 Å². The third-order valence-corrected chi connectivity index (χ3v) is 4.64. The van der Waals surface area contributed by atoms with Crippen LogP contribution in [0.4, 0.5) is 0 Å². The number of benzene rings is 2. The molecule has 0 radical (unpaired) electrons. The molecule has 0 amide bonds. The fraction of sp³-hybridized carbons (Fsp3) is 0.368. The summed E-state index contributed by atoms with van der Waals surface area (Å²) in [5.74, 6) is 0. The van der Waals surface area contributed by atoms with Crippen molar-refractivity contribution in [3.63, 3.8) is 0 Å². The van der Waals surface area contributed by atoms with E-state index in [2.05, 4.69) is 91.1 Å². The maximum absolute atomic E-state index is 3.66. The van der Waals surface area contributed by atoms with E-state index in [1.54, 1.807) is 0 Å². The molecule has 1 nitrogen and oxygen atoms in total. The Labute approximate surface area is 142 Å². The number of halogens is 1. The summed E-state index contributed by atoms with van der Waals surface area (Å²) < 4.78 is 1.28. The molecule has 2 rings (SSSR count). The molecule has 1 unspecified atom stereocenters. The predicted octanol–water partition coefficient (Wildman–Crippen LogP) is 5.11. The molecule has 112 valence electrons. The largest absolute Gasteiger partial charge is 0.307 e. The fourth-order valence-electron chi connectivity index (χ4n) is 2.72. The molecule has 0 bridgehead atoms. The van der Waals surface area contributed by atoms with Crippen molar-refractivity contribution in [1.29, 1.82) is 0 Å². The van der Waals surface area contributed by atoms with Crippen LogP contribution in [0.5, 0.6) is 0 Å². The van der Waals surface area contributed by atoms with Crippen LogP contribution in [0.3, 0.4) is 0 Å². The molecule has 2 heteroatoms. The molecule has 0 aliphatic heterocycles. The van der Waals surface area contributed by atoms with Crippen molar-refractivity contribution in [3.05, 3.63) is 68.3 Å². The molecule has 0 fully saturated rings. The molecule has 0 heterocycles. The smallest absolute Gasteiger partial charge is 0.0579 e. The third-order valence-electron chi connectivity index (χ3n) is 3.92. The highest BCUT2D eigenvalue weighted by atomic mass is 127. The van der Waals surface area contributed by atoms with Gasteiger partial charge in [-0.05, 0) is 76.4 Å². The molecule has 2 aromatic rings. The van der Waals surface area contributed by atoms with Gasteiger partial charge in [0.25, 0.3) is 0 Å². The molecule has 1 N–H and O–H groups in total. The van der Waals surface area contributed by atoms with Gasteiger partial charge in [-0.1, -0.05) is 51.1 Å². The van der Waals surface area contributed by atoms with Crippen molar-refractivity contribution in [1.82, 2.24) is 5.32 Å². The summed E-state index contributed by atoms with van der Waals surface area (Å²) >= 11 is 2.36. The zero-order chi connectivity index (χ0) is 15.2. The molecule has 0 aliphatic rings. The van der Waals surface area contributed by atoms with Crippen LogP contribution in [0.15, 0.2) is 42.5 Å². The van der Waals surface area contributed by atoms with Gasteiger partial charge in [-0.15, -0.1) is 0 Å². The molecule has 0 saturated carbocycles. The number of nitrogens with one attached hydrogen (secondary N) is 1. The lowest BCUT2D eigenvalue weighted by Gasteiger charge is -2.22. The summed E-state index contributed by atoms with van der Waals surface area (Å²) in [7, 11) is 0. The fourth-order valence-corrected chi connectivity index (χ4v) is 3.08. The van der Waals surface area contributed by atoms with Crippen LogP contribution in [0.1, 0.15) is 49.1 Å². The maximum Gasteiger partial charge on any atom is 0.0579 e. The second-order valence-corrected chi connectivity index (χ2v) is 6.53. The Kier molecular flexibility index (Phi) is 6.24. The summed E-state index contributed by atoms with van der Waals surface area (Å²) in [4.78, 5) is 0. The Morgan fingerprint density at radius 3 is 2.24 bits per heavy atom. The Hall–Kier alpha value is -0.870. The molecule has 0 saturated heterocycles. The Morgan fingerprint density at radius 2 is 1.67 bits per heavy atom. The standard InChI is InChI=1S/C19H24IN/c1-4-14-7-8-15(5-2)18(13-14)19(21-6-3)16-9-11-17(20)12-10-16/h7-13,19,21H,4-6H2,1-3H3. The van der Waals surface area contributed by atoms with Gasteiger partial charge >= 0.3 is 0 Å². The van der Waals surface area contributed by atoms with E-state index in [-0.39, 0.29) is 6.04 Å². The van der Waals surface area contributed by atoms with Crippen molar-refractivity contribution >= 4 is 22.6 Å². The van der Waals surface area contributed by atoms with Gasteiger partial charge in [0.1, 0.15) is 0 Å². The first kappa shape index (κ1) is 16.5. The average molecular weight is 393 g/mol. The van der Waals surface area contributed by atoms with Crippen LogP contribution < -0.4 is 5.32 Å². The Balaban J connectivity index is 2.48. The predicted molar refractivity (Wildman–Crippen MR) is 99.9 cm³/mol. The lowest BCUT2D eigenvalue weighted by molar-refractivity contribution is 0.625. The van der Waals surface area contributed by atoms with E-state index in [0.29, 0.717) is 0 Å². The zero-order valence-electron chi connectivity index (χ0n) is 13.1. The molecule has 0 spiro atoms. The van der Waals surface area contributed by atoms with Crippen molar-refractivity contribution in [2.45, 2.75) is 39.7 Å². The van der Waals surface area contributed by atoms with Crippen LogP contribution in [0.25, 0.3) is 0 Å². The molecule has 21 heavy (non-hydrogen) atoms. The molecular weight excluding hydrogens is 369 g/mol. The number of rotatable bonds is 6. The van der Waals surface area contributed by atoms with Gasteiger partial charge < -0.3 is 5.32 Å². The van der Waals surface area contributed by atoms with E-state index in [1.807, 2.05) is 0 Å². The third kappa shape index (κ3) is 4.07. The topological polar surface area (TPSA) is 12.0 Å². The lowest BCUT2D eigenvalue weighted by atomic mass is 9.91. The summed E-state index contributed by atoms with van der Waals surface area (Å²) in [5.41, 5.74) is 5.63. The molecule has 1 atom stereocenters. The minimum Gasteiger partial charge on any atom is -0.307 e.